The molecule has 2 rings (SSSR count). The van der Waals surface area contributed by atoms with E-state index in [2.05, 4.69) is 24.6 Å². The maximum absolute atomic E-state index is 12.8. The summed E-state index contributed by atoms with van der Waals surface area (Å²) in [6, 6.07) is 7.87. The first-order chi connectivity index (χ1) is 15.7. The smallest absolute Gasteiger partial charge is 0.273 e. The third-order valence-electron chi connectivity index (χ3n) is 6.29. The Kier molecular flexibility index (Phi) is 8.75. The summed E-state index contributed by atoms with van der Waals surface area (Å²) in [6.45, 7) is 15.1. The molecule has 0 saturated carbocycles. The molecule has 0 aliphatic heterocycles. The molecule has 0 spiro atoms. The van der Waals surface area contributed by atoms with E-state index in [9.17, 15) is 18.0 Å². The van der Waals surface area contributed by atoms with Crippen molar-refractivity contribution in [2.75, 3.05) is 6.61 Å². The number of ketones is 1. The van der Waals surface area contributed by atoms with Crippen LogP contribution in [0.1, 0.15) is 82.4 Å². The first-order valence-corrected chi connectivity index (χ1v) is 14.0. The van der Waals surface area contributed by atoms with Gasteiger partial charge in [-0.1, -0.05) is 53.7 Å². The van der Waals surface area contributed by atoms with Crippen LogP contribution in [0.25, 0.3) is 0 Å². The first-order valence-electron chi connectivity index (χ1n) is 11.7. The minimum Gasteiger partial charge on any atom is -0.486 e. The van der Waals surface area contributed by atoms with Crippen molar-refractivity contribution in [3.05, 3.63) is 45.8 Å². The Labute approximate surface area is 208 Å². The minimum absolute atomic E-state index is 0.0191. The Morgan fingerprint density at radius 2 is 1.62 bits per heavy atom. The Hall–Kier alpha value is -2.19. The number of hydrogen-bond acceptors (Lipinski definition) is 6. The van der Waals surface area contributed by atoms with E-state index in [0.717, 1.165) is 28.8 Å². The summed E-state index contributed by atoms with van der Waals surface area (Å²) in [4.78, 5) is 24.9. The molecular formula is C26H37NO5S2. The van der Waals surface area contributed by atoms with Crippen LogP contribution < -0.4 is 9.46 Å². The predicted molar refractivity (Wildman–Crippen MR) is 137 cm³/mol. The zero-order valence-electron chi connectivity index (χ0n) is 21.5. The summed E-state index contributed by atoms with van der Waals surface area (Å²) in [5.41, 5.74) is 1.76. The van der Waals surface area contributed by atoms with E-state index in [-0.39, 0.29) is 28.4 Å². The van der Waals surface area contributed by atoms with Gasteiger partial charge in [0.15, 0.2) is 5.78 Å². The maximum atomic E-state index is 12.8. The van der Waals surface area contributed by atoms with Gasteiger partial charge in [-0.25, -0.2) is 13.1 Å². The average Bonchev–Trinajstić information content (AvgIpc) is 3.16. The number of hydrogen-bond donors (Lipinski definition) is 1. The van der Waals surface area contributed by atoms with Gasteiger partial charge in [0.25, 0.3) is 10.0 Å². The van der Waals surface area contributed by atoms with Crippen molar-refractivity contribution >= 4 is 33.1 Å². The normalized spacial score (nSPS) is 12.5. The van der Waals surface area contributed by atoms with E-state index < -0.39 is 21.3 Å². The highest BCUT2D eigenvalue weighted by Gasteiger charge is 2.35. The fourth-order valence-electron chi connectivity index (χ4n) is 3.85. The molecule has 0 aliphatic rings. The molecule has 0 unspecified atom stereocenters. The first kappa shape index (κ1) is 28.1. The zero-order valence-corrected chi connectivity index (χ0v) is 23.1. The Morgan fingerprint density at radius 3 is 2.12 bits per heavy atom. The molecule has 1 heterocycles. The molecule has 0 fully saturated rings. The summed E-state index contributed by atoms with van der Waals surface area (Å²) in [6.07, 6.45) is 1.64. The second-order valence-corrected chi connectivity index (χ2v) is 12.6. The summed E-state index contributed by atoms with van der Waals surface area (Å²) < 4.78 is 33.8. The number of benzene rings is 1. The van der Waals surface area contributed by atoms with Crippen LogP contribution in [-0.2, 0) is 25.0 Å². The van der Waals surface area contributed by atoms with Gasteiger partial charge in [0.2, 0.25) is 5.91 Å². The molecule has 1 aromatic carbocycles. The minimum atomic E-state index is -3.92. The molecule has 1 aromatic heterocycles. The molecular weight excluding hydrogens is 470 g/mol. The lowest BCUT2D eigenvalue weighted by Gasteiger charge is -2.32. The molecule has 188 valence electrons. The maximum Gasteiger partial charge on any atom is 0.273 e. The van der Waals surface area contributed by atoms with E-state index in [1.807, 2.05) is 45.9 Å². The van der Waals surface area contributed by atoms with Crippen molar-refractivity contribution in [3.63, 3.8) is 0 Å². The standard InChI is InChI=1S/C26H37NO5S2/c1-9-23(29)27-34(30,31)24-18(5)15-22(33-24)26(10-2,11-3)19-12-13-20(17(4)14-19)32-16-21(28)25(6,7)8/h12-15H,9-11,16H2,1-8H3,(H,27,29). The number of amides is 1. The lowest BCUT2D eigenvalue weighted by molar-refractivity contribution is -0.128. The predicted octanol–water partition coefficient (Wildman–Crippen LogP) is 5.68. The highest BCUT2D eigenvalue weighted by atomic mass is 32.2. The van der Waals surface area contributed by atoms with Crippen molar-refractivity contribution in [2.45, 2.75) is 84.3 Å². The third-order valence-corrected chi connectivity index (χ3v) is 9.74. The Bertz CT molecular complexity index is 1150. The van der Waals surface area contributed by atoms with Crippen molar-refractivity contribution in [1.82, 2.24) is 4.72 Å². The molecule has 34 heavy (non-hydrogen) atoms. The van der Waals surface area contributed by atoms with Crippen molar-refractivity contribution in [2.24, 2.45) is 5.41 Å². The molecule has 6 nitrogen and oxygen atoms in total. The Morgan fingerprint density at radius 1 is 1.00 bits per heavy atom. The van der Waals surface area contributed by atoms with Crippen LogP contribution in [0, 0.1) is 19.3 Å². The summed E-state index contributed by atoms with van der Waals surface area (Å²) in [5.74, 6) is 0.170. The fourth-order valence-corrected chi connectivity index (χ4v) is 6.96. The summed E-state index contributed by atoms with van der Waals surface area (Å²) >= 11 is 1.22. The van der Waals surface area contributed by atoms with Gasteiger partial charge in [0, 0.05) is 22.1 Å². The summed E-state index contributed by atoms with van der Waals surface area (Å²) in [5, 5.41) is 0. The molecule has 0 radical (unpaired) electrons. The van der Waals surface area contributed by atoms with Gasteiger partial charge in [-0.15, -0.1) is 11.3 Å². The number of nitrogens with one attached hydrogen (secondary N) is 1. The van der Waals surface area contributed by atoms with E-state index in [4.69, 9.17) is 4.74 Å². The highest BCUT2D eigenvalue weighted by molar-refractivity contribution is 7.92. The molecule has 0 saturated heterocycles. The van der Waals surface area contributed by atoms with Gasteiger partial charge >= 0.3 is 0 Å². The van der Waals surface area contributed by atoms with Gasteiger partial charge in [-0.3, -0.25) is 9.59 Å². The molecule has 1 amide bonds. The zero-order chi connectivity index (χ0) is 25.9. The number of aryl methyl sites for hydroxylation is 2. The number of rotatable bonds is 10. The largest absolute Gasteiger partial charge is 0.486 e. The van der Waals surface area contributed by atoms with Crippen molar-refractivity contribution in [1.29, 1.82) is 0 Å². The topological polar surface area (TPSA) is 89.5 Å². The summed E-state index contributed by atoms with van der Waals surface area (Å²) in [7, 11) is -3.92. The van der Waals surface area contributed by atoms with Crippen LogP contribution in [-0.4, -0.2) is 26.7 Å². The molecule has 8 heteroatoms. The molecule has 0 bridgehead atoms. The quantitative estimate of drug-likeness (QED) is 0.447. The van der Waals surface area contributed by atoms with E-state index in [0.29, 0.717) is 11.3 Å². The second-order valence-electron chi connectivity index (χ2n) is 9.69. The van der Waals surface area contributed by atoms with Crippen molar-refractivity contribution < 1.29 is 22.7 Å². The lowest BCUT2D eigenvalue weighted by Crippen LogP contribution is -2.29. The fraction of sp³-hybridized carbons (Fsp3) is 0.538. The van der Waals surface area contributed by atoms with Crippen LogP contribution in [0.15, 0.2) is 28.5 Å². The molecule has 0 aliphatic carbocycles. The number of sulfonamides is 1. The van der Waals surface area contributed by atoms with Crippen LogP contribution in [0.2, 0.25) is 0 Å². The van der Waals surface area contributed by atoms with Crippen molar-refractivity contribution in [3.8, 4) is 5.75 Å². The second kappa shape index (κ2) is 10.6. The SMILES string of the molecule is CCC(=O)NS(=O)(=O)c1sc(C(CC)(CC)c2ccc(OCC(=O)C(C)(C)C)c(C)c2)cc1C. The lowest BCUT2D eigenvalue weighted by atomic mass is 9.74. The number of carbonyl (C=O) groups excluding carboxylic acids is 2. The molecule has 0 atom stereocenters. The third kappa shape index (κ3) is 5.89. The monoisotopic (exact) mass is 507 g/mol. The highest BCUT2D eigenvalue weighted by Crippen LogP contribution is 2.45. The van der Waals surface area contributed by atoms with Crippen LogP contribution in [0.3, 0.4) is 0 Å². The molecule has 1 N–H and O–H groups in total. The van der Waals surface area contributed by atoms with Gasteiger partial charge in [0.1, 0.15) is 16.6 Å². The van der Waals surface area contributed by atoms with E-state index >= 15 is 0 Å². The van der Waals surface area contributed by atoms with Crippen LogP contribution in [0.5, 0.6) is 5.75 Å². The van der Waals surface area contributed by atoms with Gasteiger partial charge < -0.3 is 4.74 Å². The number of carbonyl (C=O) groups is 2. The number of thiophene rings is 1. The van der Waals surface area contributed by atoms with Crippen LogP contribution in [0.4, 0.5) is 0 Å². The van der Waals surface area contributed by atoms with Crippen LogP contribution >= 0.6 is 11.3 Å². The van der Waals surface area contributed by atoms with Gasteiger partial charge in [-0.2, -0.15) is 0 Å². The number of ether oxygens (including phenoxy) is 1. The average molecular weight is 508 g/mol. The van der Waals surface area contributed by atoms with E-state index in [1.165, 1.54) is 11.3 Å². The van der Waals surface area contributed by atoms with Gasteiger partial charge in [0.05, 0.1) is 0 Å². The van der Waals surface area contributed by atoms with E-state index in [1.54, 1.807) is 13.8 Å². The molecule has 2 aromatic rings. The van der Waals surface area contributed by atoms with Gasteiger partial charge in [-0.05, 0) is 55.5 Å². The Balaban J connectivity index is 2.45. The number of Topliss-reactive ketones (excluding diaryl/α,β-unsaturated/α-hetero) is 1.